The maximum atomic E-state index is 10.3. The Bertz CT molecular complexity index is 764. The fourth-order valence-corrected chi connectivity index (χ4v) is 3.74. The van der Waals surface area contributed by atoms with Gasteiger partial charge in [-0.1, -0.05) is 75.4 Å². The largest absolute Gasteiger partial charge is 0.491 e. The van der Waals surface area contributed by atoms with Crippen LogP contribution in [0, 0.1) is 0 Å². The molecule has 27 heavy (non-hydrogen) atoms. The predicted octanol–water partition coefficient (Wildman–Crippen LogP) is 2.00. The second-order valence-corrected chi connectivity index (χ2v) is 7.37. The molecule has 1 aliphatic rings. The van der Waals surface area contributed by atoms with Crippen LogP contribution in [0.5, 0.6) is 0 Å². The highest BCUT2D eigenvalue weighted by molar-refractivity contribution is 6.60. The summed E-state index contributed by atoms with van der Waals surface area (Å²) in [7, 11) is -2.35. The molecule has 0 saturated heterocycles. The van der Waals surface area contributed by atoms with Crippen molar-refractivity contribution in [3.63, 3.8) is 0 Å². The van der Waals surface area contributed by atoms with Gasteiger partial charge >= 0.3 is 14.2 Å². The lowest BCUT2D eigenvalue weighted by Gasteiger charge is -2.10. The first kappa shape index (κ1) is 20.2. The van der Waals surface area contributed by atoms with Gasteiger partial charge in [0, 0.05) is 6.61 Å². The molecule has 0 amide bonds. The SMILES string of the molecule is CCCCCCCCOB(O)c1ccc2c(c1)Cc1cc(B(O)O)ccc1-2. The van der Waals surface area contributed by atoms with Gasteiger partial charge in [-0.3, -0.25) is 0 Å². The van der Waals surface area contributed by atoms with E-state index in [0.29, 0.717) is 12.1 Å². The quantitative estimate of drug-likeness (QED) is 0.379. The fraction of sp³-hybridized carbons (Fsp3) is 0.429. The van der Waals surface area contributed by atoms with Crippen molar-refractivity contribution in [2.75, 3.05) is 6.61 Å². The van der Waals surface area contributed by atoms with Crippen molar-refractivity contribution in [3.8, 4) is 11.1 Å². The standard InChI is InChI=1S/C21H28B2O4/c1-2-3-4-5-6-7-12-27-23(26)19-9-11-21-17(15-19)13-16-14-18(22(24)25)8-10-20(16)21/h8-11,14-15,24-26H,2-7,12-13H2,1H3. The van der Waals surface area contributed by atoms with Gasteiger partial charge in [-0.15, -0.1) is 0 Å². The molecular weight excluding hydrogens is 338 g/mol. The molecule has 0 radical (unpaired) electrons. The van der Waals surface area contributed by atoms with Gasteiger partial charge < -0.3 is 19.7 Å². The molecule has 1 aliphatic carbocycles. The van der Waals surface area contributed by atoms with E-state index in [1.165, 1.54) is 25.7 Å². The zero-order valence-electron chi connectivity index (χ0n) is 16.0. The van der Waals surface area contributed by atoms with Crippen molar-refractivity contribution >= 4 is 25.2 Å². The van der Waals surface area contributed by atoms with Crippen molar-refractivity contribution in [2.45, 2.75) is 51.9 Å². The number of benzene rings is 2. The number of unbranched alkanes of at least 4 members (excludes halogenated alkanes) is 5. The van der Waals surface area contributed by atoms with E-state index >= 15 is 0 Å². The summed E-state index contributed by atoms with van der Waals surface area (Å²) in [6.45, 7) is 2.78. The van der Waals surface area contributed by atoms with Crippen LogP contribution < -0.4 is 10.9 Å². The summed E-state index contributed by atoms with van der Waals surface area (Å²) < 4.78 is 5.61. The summed E-state index contributed by atoms with van der Waals surface area (Å²) >= 11 is 0. The Morgan fingerprint density at radius 3 is 2.07 bits per heavy atom. The zero-order chi connectivity index (χ0) is 19.2. The van der Waals surface area contributed by atoms with Crippen molar-refractivity contribution in [1.29, 1.82) is 0 Å². The molecule has 3 N–H and O–H groups in total. The molecule has 0 unspecified atom stereocenters. The van der Waals surface area contributed by atoms with Crippen LogP contribution in [0.3, 0.4) is 0 Å². The van der Waals surface area contributed by atoms with Crippen molar-refractivity contribution in [1.82, 2.24) is 0 Å². The minimum absolute atomic E-state index is 0.504. The van der Waals surface area contributed by atoms with Crippen LogP contribution in [-0.4, -0.2) is 35.9 Å². The van der Waals surface area contributed by atoms with Crippen LogP contribution in [-0.2, 0) is 11.1 Å². The third kappa shape index (κ3) is 5.02. The monoisotopic (exact) mass is 366 g/mol. The van der Waals surface area contributed by atoms with E-state index in [1.807, 2.05) is 30.3 Å². The van der Waals surface area contributed by atoms with Crippen LogP contribution >= 0.6 is 0 Å². The second-order valence-electron chi connectivity index (χ2n) is 7.37. The van der Waals surface area contributed by atoms with Crippen molar-refractivity contribution in [3.05, 3.63) is 47.5 Å². The van der Waals surface area contributed by atoms with E-state index in [0.717, 1.165) is 47.0 Å². The average Bonchev–Trinajstić information content (AvgIpc) is 3.03. The molecule has 4 nitrogen and oxygen atoms in total. The fourth-order valence-electron chi connectivity index (χ4n) is 3.74. The molecule has 0 atom stereocenters. The smallest absolute Gasteiger partial charge is 0.423 e. The van der Waals surface area contributed by atoms with Gasteiger partial charge in [0.25, 0.3) is 0 Å². The third-order valence-corrected chi connectivity index (χ3v) is 5.29. The van der Waals surface area contributed by atoms with Gasteiger partial charge in [0.15, 0.2) is 0 Å². The Balaban J connectivity index is 1.56. The van der Waals surface area contributed by atoms with Crippen LogP contribution in [0.4, 0.5) is 0 Å². The van der Waals surface area contributed by atoms with E-state index in [4.69, 9.17) is 4.65 Å². The summed E-state index contributed by atoms with van der Waals surface area (Å²) in [6.07, 6.45) is 7.89. The molecule has 0 fully saturated rings. The van der Waals surface area contributed by atoms with Gasteiger partial charge in [-0.05, 0) is 46.0 Å². The maximum Gasteiger partial charge on any atom is 0.491 e. The first-order valence-electron chi connectivity index (χ1n) is 10.0. The van der Waals surface area contributed by atoms with Crippen molar-refractivity contribution in [2.24, 2.45) is 0 Å². The van der Waals surface area contributed by atoms with Crippen LogP contribution in [0.25, 0.3) is 11.1 Å². The zero-order valence-corrected chi connectivity index (χ0v) is 16.0. The highest BCUT2D eigenvalue weighted by Crippen LogP contribution is 2.35. The van der Waals surface area contributed by atoms with Crippen LogP contribution in [0.1, 0.15) is 56.6 Å². The lowest BCUT2D eigenvalue weighted by Crippen LogP contribution is -2.34. The minimum Gasteiger partial charge on any atom is -0.423 e. The van der Waals surface area contributed by atoms with Gasteiger partial charge in [-0.25, -0.2) is 0 Å². The third-order valence-electron chi connectivity index (χ3n) is 5.29. The Hall–Kier alpha value is -1.59. The van der Waals surface area contributed by atoms with E-state index in [2.05, 4.69) is 6.92 Å². The molecule has 0 heterocycles. The highest BCUT2D eigenvalue weighted by atomic mass is 16.5. The van der Waals surface area contributed by atoms with E-state index in [1.54, 1.807) is 6.07 Å². The molecule has 3 rings (SSSR count). The Morgan fingerprint density at radius 2 is 1.41 bits per heavy atom. The molecule has 0 aliphatic heterocycles. The Morgan fingerprint density at radius 1 is 0.815 bits per heavy atom. The summed E-state index contributed by atoms with van der Waals surface area (Å²) in [6, 6.07) is 11.4. The number of rotatable bonds is 10. The molecule has 6 heteroatoms. The maximum absolute atomic E-state index is 10.3. The lowest BCUT2D eigenvalue weighted by atomic mass is 9.78. The molecule has 0 spiro atoms. The number of hydrogen-bond acceptors (Lipinski definition) is 4. The van der Waals surface area contributed by atoms with Crippen LogP contribution in [0.2, 0.25) is 0 Å². The highest BCUT2D eigenvalue weighted by Gasteiger charge is 2.24. The normalized spacial score (nSPS) is 12.0. The molecule has 142 valence electrons. The topological polar surface area (TPSA) is 69.9 Å². The summed E-state index contributed by atoms with van der Waals surface area (Å²) in [5.74, 6) is 0. The summed E-state index contributed by atoms with van der Waals surface area (Å²) in [5, 5.41) is 29.1. The Kier molecular flexibility index (Phi) is 7.13. The summed E-state index contributed by atoms with van der Waals surface area (Å²) in [5.41, 5.74) is 5.74. The number of hydrogen-bond donors (Lipinski definition) is 3. The van der Waals surface area contributed by atoms with Crippen molar-refractivity contribution < 1.29 is 19.7 Å². The Labute approximate surface area is 162 Å². The lowest BCUT2D eigenvalue weighted by molar-refractivity contribution is 0.261. The second kappa shape index (κ2) is 9.56. The molecule has 0 aromatic heterocycles. The number of fused-ring (bicyclic) bond motifs is 3. The minimum atomic E-state index is -1.45. The van der Waals surface area contributed by atoms with Crippen LogP contribution in [0.15, 0.2) is 36.4 Å². The molecule has 0 saturated carbocycles. The average molecular weight is 366 g/mol. The first-order chi connectivity index (χ1) is 13.1. The first-order valence-corrected chi connectivity index (χ1v) is 10.0. The predicted molar refractivity (Wildman–Crippen MR) is 111 cm³/mol. The molecule has 2 aromatic carbocycles. The van der Waals surface area contributed by atoms with E-state index < -0.39 is 14.2 Å². The van der Waals surface area contributed by atoms with Gasteiger partial charge in [0.05, 0.1) is 0 Å². The van der Waals surface area contributed by atoms with Gasteiger partial charge in [0.1, 0.15) is 0 Å². The summed E-state index contributed by atoms with van der Waals surface area (Å²) in [4.78, 5) is 0. The van der Waals surface area contributed by atoms with E-state index in [9.17, 15) is 15.1 Å². The van der Waals surface area contributed by atoms with E-state index in [-0.39, 0.29) is 0 Å². The molecular formula is C21H28B2O4. The molecule has 2 aromatic rings. The van der Waals surface area contributed by atoms with Gasteiger partial charge in [-0.2, -0.15) is 0 Å². The van der Waals surface area contributed by atoms with Gasteiger partial charge in [0.2, 0.25) is 0 Å². The molecule has 0 bridgehead atoms.